The highest BCUT2D eigenvalue weighted by atomic mass is 16.5. The molecule has 2 N–H and O–H groups in total. The van der Waals surface area contributed by atoms with Crippen molar-refractivity contribution in [1.29, 1.82) is 0 Å². The number of nitrogens with two attached hydrogens (primary N) is 1. The number of hydrogen-bond acceptors (Lipinski definition) is 3. The zero-order valence-corrected chi connectivity index (χ0v) is 10.7. The van der Waals surface area contributed by atoms with Gasteiger partial charge in [-0.15, -0.1) is 0 Å². The first-order valence-electron chi connectivity index (χ1n) is 6.30. The van der Waals surface area contributed by atoms with Gasteiger partial charge in [0.15, 0.2) is 0 Å². The zero-order chi connectivity index (χ0) is 12.3. The summed E-state index contributed by atoms with van der Waals surface area (Å²) in [4.78, 5) is 0. The van der Waals surface area contributed by atoms with Gasteiger partial charge < -0.3 is 15.2 Å². The van der Waals surface area contributed by atoms with E-state index in [-0.39, 0.29) is 0 Å². The third-order valence-corrected chi connectivity index (χ3v) is 2.51. The first-order valence-corrected chi connectivity index (χ1v) is 6.30. The van der Waals surface area contributed by atoms with Crippen molar-refractivity contribution in [3.8, 4) is 5.75 Å². The Kier molecular flexibility index (Phi) is 7.43. The monoisotopic (exact) mass is 237 g/mol. The molecule has 0 aromatic heterocycles. The summed E-state index contributed by atoms with van der Waals surface area (Å²) in [5.41, 5.74) is 6.65. The molecule has 0 saturated carbocycles. The molecule has 0 spiro atoms. The Morgan fingerprint density at radius 2 is 1.71 bits per heavy atom. The van der Waals surface area contributed by atoms with Crippen LogP contribution >= 0.6 is 0 Å². The van der Waals surface area contributed by atoms with Crippen molar-refractivity contribution in [2.75, 3.05) is 26.4 Å². The zero-order valence-electron chi connectivity index (χ0n) is 10.7. The van der Waals surface area contributed by atoms with Crippen molar-refractivity contribution in [2.45, 2.75) is 26.2 Å². The van der Waals surface area contributed by atoms with E-state index in [1.807, 2.05) is 24.3 Å². The molecule has 1 aromatic carbocycles. The fraction of sp³-hybridized carbons (Fsp3) is 0.571. The average Bonchev–Trinajstić information content (AvgIpc) is 2.35. The predicted octanol–water partition coefficient (Wildman–Crippen LogP) is 2.52. The largest absolute Gasteiger partial charge is 0.491 e. The number of benzene rings is 1. The molecule has 0 atom stereocenters. The lowest BCUT2D eigenvalue weighted by Crippen LogP contribution is -2.08. The van der Waals surface area contributed by atoms with Crippen LogP contribution in [0.2, 0.25) is 0 Å². The van der Waals surface area contributed by atoms with Gasteiger partial charge in [0, 0.05) is 6.61 Å². The number of unbranched alkanes of at least 4 members (excludes halogenated alkanes) is 2. The maximum Gasteiger partial charge on any atom is 0.119 e. The van der Waals surface area contributed by atoms with Gasteiger partial charge in [0.1, 0.15) is 12.4 Å². The van der Waals surface area contributed by atoms with Gasteiger partial charge in [-0.05, 0) is 44.9 Å². The topological polar surface area (TPSA) is 44.5 Å². The summed E-state index contributed by atoms with van der Waals surface area (Å²) in [6, 6.07) is 8.05. The van der Waals surface area contributed by atoms with E-state index in [0.29, 0.717) is 13.2 Å². The van der Waals surface area contributed by atoms with Gasteiger partial charge >= 0.3 is 0 Å². The lowest BCUT2D eigenvalue weighted by atomic mass is 10.2. The Balaban J connectivity index is 1.95. The lowest BCUT2D eigenvalue weighted by molar-refractivity contribution is 0.0972. The minimum Gasteiger partial charge on any atom is -0.491 e. The second-order valence-electron chi connectivity index (χ2n) is 4.12. The van der Waals surface area contributed by atoms with E-state index >= 15 is 0 Å². The van der Waals surface area contributed by atoms with E-state index in [1.165, 1.54) is 5.56 Å². The molecule has 0 bridgehead atoms. The molecule has 3 nitrogen and oxygen atoms in total. The molecule has 17 heavy (non-hydrogen) atoms. The summed E-state index contributed by atoms with van der Waals surface area (Å²) < 4.78 is 11.0. The number of rotatable bonds is 9. The SMILES string of the molecule is Cc1ccc(OCCOCCCCCN)cc1. The standard InChI is InChI=1S/C14H23NO2/c1-13-5-7-14(8-6-13)17-12-11-16-10-4-2-3-9-15/h5-8H,2-4,9-12,15H2,1H3. The van der Waals surface area contributed by atoms with Gasteiger partial charge in [0.25, 0.3) is 0 Å². The summed E-state index contributed by atoms with van der Waals surface area (Å²) in [5.74, 6) is 0.905. The Morgan fingerprint density at radius 1 is 0.941 bits per heavy atom. The molecule has 0 aliphatic heterocycles. The highest BCUT2D eigenvalue weighted by Gasteiger charge is 1.93. The molecule has 0 heterocycles. The molecule has 0 fully saturated rings. The van der Waals surface area contributed by atoms with Gasteiger partial charge in [-0.25, -0.2) is 0 Å². The first kappa shape index (κ1) is 14.0. The van der Waals surface area contributed by atoms with Gasteiger partial charge in [-0.1, -0.05) is 17.7 Å². The molecular weight excluding hydrogens is 214 g/mol. The number of hydrogen-bond donors (Lipinski definition) is 1. The maximum atomic E-state index is 5.54. The van der Waals surface area contributed by atoms with E-state index in [0.717, 1.165) is 38.2 Å². The van der Waals surface area contributed by atoms with Crippen LogP contribution in [-0.4, -0.2) is 26.4 Å². The summed E-state index contributed by atoms with van der Waals surface area (Å²) >= 11 is 0. The first-order chi connectivity index (χ1) is 8.33. The van der Waals surface area contributed by atoms with Crippen LogP contribution in [0.1, 0.15) is 24.8 Å². The third-order valence-electron chi connectivity index (χ3n) is 2.51. The molecule has 3 heteroatoms. The molecule has 0 aliphatic carbocycles. The fourth-order valence-electron chi connectivity index (χ4n) is 1.48. The van der Waals surface area contributed by atoms with E-state index in [9.17, 15) is 0 Å². The molecule has 1 rings (SSSR count). The van der Waals surface area contributed by atoms with Crippen LogP contribution in [0.3, 0.4) is 0 Å². The van der Waals surface area contributed by atoms with Crippen LogP contribution in [0.5, 0.6) is 5.75 Å². The molecule has 0 radical (unpaired) electrons. The number of aryl methyl sites for hydroxylation is 1. The second kappa shape index (κ2) is 9.02. The van der Waals surface area contributed by atoms with Crippen LogP contribution in [0.15, 0.2) is 24.3 Å². The normalized spacial score (nSPS) is 10.5. The summed E-state index contributed by atoms with van der Waals surface area (Å²) in [7, 11) is 0. The minimum atomic E-state index is 0.611. The smallest absolute Gasteiger partial charge is 0.119 e. The molecule has 0 aliphatic rings. The molecule has 0 saturated heterocycles. The van der Waals surface area contributed by atoms with Crippen LogP contribution in [0, 0.1) is 6.92 Å². The van der Waals surface area contributed by atoms with Crippen LogP contribution in [-0.2, 0) is 4.74 Å². The Hall–Kier alpha value is -1.06. The quantitative estimate of drug-likeness (QED) is 0.671. The lowest BCUT2D eigenvalue weighted by Gasteiger charge is -2.07. The predicted molar refractivity (Wildman–Crippen MR) is 70.4 cm³/mol. The Labute approximate surface area is 104 Å². The second-order valence-corrected chi connectivity index (χ2v) is 4.12. The fourth-order valence-corrected chi connectivity index (χ4v) is 1.48. The molecule has 96 valence electrons. The maximum absolute atomic E-state index is 5.54. The van der Waals surface area contributed by atoms with Gasteiger partial charge in [0.2, 0.25) is 0 Å². The van der Waals surface area contributed by atoms with Crippen molar-refractivity contribution >= 4 is 0 Å². The van der Waals surface area contributed by atoms with E-state index < -0.39 is 0 Å². The van der Waals surface area contributed by atoms with Crippen LogP contribution < -0.4 is 10.5 Å². The van der Waals surface area contributed by atoms with Gasteiger partial charge in [-0.3, -0.25) is 0 Å². The van der Waals surface area contributed by atoms with Crippen molar-refractivity contribution in [3.63, 3.8) is 0 Å². The van der Waals surface area contributed by atoms with E-state index in [1.54, 1.807) is 0 Å². The minimum absolute atomic E-state index is 0.611. The van der Waals surface area contributed by atoms with E-state index in [2.05, 4.69) is 6.92 Å². The van der Waals surface area contributed by atoms with E-state index in [4.69, 9.17) is 15.2 Å². The van der Waals surface area contributed by atoms with Crippen LogP contribution in [0.25, 0.3) is 0 Å². The summed E-state index contributed by atoms with van der Waals surface area (Å²) in [6.45, 7) is 4.90. The Bertz CT molecular complexity index is 285. The van der Waals surface area contributed by atoms with Crippen molar-refractivity contribution in [3.05, 3.63) is 29.8 Å². The van der Waals surface area contributed by atoms with Crippen molar-refractivity contribution in [2.24, 2.45) is 5.73 Å². The summed E-state index contributed by atoms with van der Waals surface area (Å²) in [6.07, 6.45) is 3.32. The van der Waals surface area contributed by atoms with Crippen molar-refractivity contribution in [1.82, 2.24) is 0 Å². The van der Waals surface area contributed by atoms with Crippen molar-refractivity contribution < 1.29 is 9.47 Å². The van der Waals surface area contributed by atoms with Gasteiger partial charge in [-0.2, -0.15) is 0 Å². The molecule has 0 unspecified atom stereocenters. The van der Waals surface area contributed by atoms with Gasteiger partial charge in [0.05, 0.1) is 6.61 Å². The highest BCUT2D eigenvalue weighted by molar-refractivity contribution is 5.26. The summed E-state index contributed by atoms with van der Waals surface area (Å²) in [5, 5.41) is 0. The Morgan fingerprint density at radius 3 is 2.41 bits per heavy atom. The highest BCUT2D eigenvalue weighted by Crippen LogP contribution is 2.10. The third kappa shape index (κ3) is 6.97. The number of ether oxygens (including phenoxy) is 2. The molecular formula is C14H23NO2. The average molecular weight is 237 g/mol. The molecule has 1 aromatic rings. The molecule has 0 amide bonds. The van der Waals surface area contributed by atoms with Crippen LogP contribution in [0.4, 0.5) is 0 Å².